The van der Waals surface area contributed by atoms with E-state index in [1.165, 1.54) is 0 Å². The van der Waals surface area contributed by atoms with Crippen LogP contribution in [0.25, 0.3) is 11.3 Å². The molecule has 0 saturated carbocycles. The lowest BCUT2D eigenvalue weighted by Gasteiger charge is -2.43. The van der Waals surface area contributed by atoms with Crippen LogP contribution in [-0.2, 0) is 16.1 Å². The molecule has 3 aromatic rings. The quantitative estimate of drug-likeness (QED) is 0.492. The van der Waals surface area contributed by atoms with Crippen LogP contribution < -0.4 is 15.0 Å². The molecule has 0 saturated heterocycles. The number of hydrogen-bond donors (Lipinski definition) is 1. The number of rotatable bonds is 9. The number of amides is 2. The van der Waals surface area contributed by atoms with Gasteiger partial charge in [0.05, 0.1) is 18.8 Å². The molecule has 1 aliphatic rings. The number of nitrogens with zero attached hydrogens (tertiary/aromatic N) is 3. The second-order valence-corrected chi connectivity index (χ2v) is 8.38. The van der Waals surface area contributed by atoms with Crippen molar-refractivity contribution >= 4 is 17.5 Å². The van der Waals surface area contributed by atoms with Crippen LogP contribution in [0.5, 0.6) is 5.75 Å². The van der Waals surface area contributed by atoms with E-state index in [1.807, 2.05) is 61.5 Å². The van der Waals surface area contributed by atoms with Gasteiger partial charge in [0.2, 0.25) is 5.91 Å². The Morgan fingerprint density at radius 1 is 1.15 bits per heavy atom. The maximum Gasteiger partial charge on any atom is 0.277 e. The van der Waals surface area contributed by atoms with Crippen molar-refractivity contribution in [2.75, 3.05) is 31.8 Å². The molecule has 4 rings (SSSR count). The van der Waals surface area contributed by atoms with Gasteiger partial charge < -0.3 is 14.8 Å². The average molecular weight is 463 g/mol. The van der Waals surface area contributed by atoms with E-state index in [0.717, 1.165) is 5.56 Å². The summed E-state index contributed by atoms with van der Waals surface area (Å²) in [4.78, 5) is 28.8. The molecule has 1 atom stereocenters. The highest BCUT2D eigenvalue weighted by atomic mass is 16.5. The van der Waals surface area contributed by atoms with Crippen LogP contribution in [0, 0.1) is 0 Å². The first-order chi connectivity index (χ1) is 16.5. The molecule has 2 heterocycles. The van der Waals surface area contributed by atoms with E-state index in [1.54, 1.807) is 29.7 Å². The highest BCUT2D eigenvalue weighted by Crippen LogP contribution is 2.35. The molecular formula is C26H30N4O4. The smallest absolute Gasteiger partial charge is 0.277 e. The first kappa shape index (κ1) is 23.5. The fraction of sp³-hybridized carbons (Fsp3) is 0.346. The normalized spacial score (nSPS) is 17.4. The number of methoxy groups -OCH3 is 1. The SMILES string of the molecule is CCOc1ccc(N2C(=O)c3cc(-c4ccccc4)nn3C[C@]2(C)C(=O)NCCCOC)cc1. The standard InChI is InChI=1S/C26H30N4O4/c1-4-34-21-13-11-20(12-14-21)30-24(31)23-17-22(19-9-6-5-7-10-19)28-29(23)18-26(30,2)25(32)27-15-8-16-33-3/h5-7,9-14,17H,4,8,15-16,18H2,1-3H3,(H,27,32)/t26-/m1/s1. The number of anilines is 1. The molecular weight excluding hydrogens is 432 g/mol. The third kappa shape index (κ3) is 4.54. The topological polar surface area (TPSA) is 85.7 Å². The molecule has 0 bridgehead atoms. The summed E-state index contributed by atoms with van der Waals surface area (Å²) in [7, 11) is 1.63. The third-order valence-corrected chi connectivity index (χ3v) is 5.93. The van der Waals surface area contributed by atoms with E-state index in [9.17, 15) is 9.59 Å². The van der Waals surface area contributed by atoms with Crippen LogP contribution in [0.15, 0.2) is 60.7 Å². The molecule has 2 amide bonds. The van der Waals surface area contributed by atoms with Crippen LogP contribution in [-0.4, -0.2) is 54.0 Å². The molecule has 0 aliphatic carbocycles. The van der Waals surface area contributed by atoms with Crippen molar-refractivity contribution < 1.29 is 19.1 Å². The molecule has 0 spiro atoms. The molecule has 0 fully saturated rings. The van der Waals surface area contributed by atoms with E-state index in [4.69, 9.17) is 9.47 Å². The van der Waals surface area contributed by atoms with Gasteiger partial charge in [0.15, 0.2) is 0 Å². The summed E-state index contributed by atoms with van der Waals surface area (Å²) < 4.78 is 12.3. The monoisotopic (exact) mass is 462 g/mol. The zero-order chi connectivity index (χ0) is 24.1. The molecule has 2 aromatic carbocycles. The summed E-state index contributed by atoms with van der Waals surface area (Å²) in [5.41, 5.74) is 1.49. The van der Waals surface area contributed by atoms with Crippen molar-refractivity contribution in [2.45, 2.75) is 32.4 Å². The molecule has 8 heteroatoms. The Balaban J connectivity index is 1.72. The second kappa shape index (κ2) is 10.1. The van der Waals surface area contributed by atoms with Crippen LogP contribution in [0.3, 0.4) is 0 Å². The number of carbonyl (C=O) groups excluding carboxylic acids is 2. The average Bonchev–Trinajstić information content (AvgIpc) is 3.27. The predicted octanol–water partition coefficient (Wildman–Crippen LogP) is 3.52. The lowest BCUT2D eigenvalue weighted by molar-refractivity contribution is -0.126. The molecule has 1 N–H and O–H groups in total. The maximum absolute atomic E-state index is 13.8. The predicted molar refractivity (Wildman–Crippen MR) is 130 cm³/mol. The summed E-state index contributed by atoms with van der Waals surface area (Å²) in [5, 5.41) is 7.65. The van der Waals surface area contributed by atoms with Gasteiger partial charge in [0.25, 0.3) is 5.91 Å². The van der Waals surface area contributed by atoms with Crippen LogP contribution in [0.4, 0.5) is 5.69 Å². The van der Waals surface area contributed by atoms with E-state index in [0.29, 0.717) is 49.0 Å². The number of ether oxygens (including phenoxy) is 2. The van der Waals surface area contributed by atoms with Gasteiger partial charge in [-0.25, -0.2) is 0 Å². The Kier molecular flexibility index (Phi) is 6.98. The Morgan fingerprint density at radius 2 is 1.88 bits per heavy atom. The molecule has 0 radical (unpaired) electrons. The zero-order valence-electron chi connectivity index (χ0n) is 19.8. The Bertz CT molecular complexity index is 1140. The van der Waals surface area contributed by atoms with E-state index >= 15 is 0 Å². The summed E-state index contributed by atoms with van der Waals surface area (Å²) in [6.45, 7) is 5.46. The summed E-state index contributed by atoms with van der Waals surface area (Å²) >= 11 is 0. The van der Waals surface area contributed by atoms with Gasteiger partial charge in [-0.05, 0) is 50.6 Å². The first-order valence-electron chi connectivity index (χ1n) is 11.5. The van der Waals surface area contributed by atoms with Crippen molar-refractivity contribution in [2.24, 2.45) is 0 Å². The first-order valence-corrected chi connectivity index (χ1v) is 11.5. The Morgan fingerprint density at radius 3 is 2.56 bits per heavy atom. The number of nitrogens with one attached hydrogen (secondary N) is 1. The fourth-order valence-electron chi connectivity index (χ4n) is 4.20. The van der Waals surface area contributed by atoms with Crippen molar-refractivity contribution in [3.8, 4) is 17.0 Å². The minimum absolute atomic E-state index is 0.226. The molecule has 8 nitrogen and oxygen atoms in total. The maximum atomic E-state index is 13.8. The number of hydrogen-bond acceptors (Lipinski definition) is 5. The van der Waals surface area contributed by atoms with Crippen LogP contribution >= 0.6 is 0 Å². The summed E-state index contributed by atoms with van der Waals surface area (Å²) in [6.07, 6.45) is 0.681. The van der Waals surface area contributed by atoms with Crippen LogP contribution in [0.2, 0.25) is 0 Å². The lowest BCUT2D eigenvalue weighted by atomic mass is 9.94. The number of carbonyl (C=O) groups is 2. The summed E-state index contributed by atoms with van der Waals surface area (Å²) in [5.74, 6) is 0.186. The van der Waals surface area contributed by atoms with Crippen LogP contribution in [0.1, 0.15) is 30.8 Å². The number of aromatic nitrogens is 2. The molecule has 1 aliphatic heterocycles. The van der Waals surface area contributed by atoms with E-state index < -0.39 is 5.54 Å². The third-order valence-electron chi connectivity index (χ3n) is 5.93. The van der Waals surface area contributed by atoms with Gasteiger partial charge in [0, 0.05) is 31.5 Å². The highest BCUT2D eigenvalue weighted by molar-refractivity contribution is 6.12. The molecule has 178 valence electrons. The van der Waals surface area contributed by atoms with Gasteiger partial charge in [-0.15, -0.1) is 0 Å². The molecule has 1 aromatic heterocycles. The number of fused-ring (bicyclic) bond motifs is 1. The largest absolute Gasteiger partial charge is 0.494 e. The second-order valence-electron chi connectivity index (χ2n) is 8.38. The fourth-order valence-corrected chi connectivity index (χ4v) is 4.20. The lowest BCUT2D eigenvalue weighted by Crippen LogP contribution is -2.64. The van der Waals surface area contributed by atoms with E-state index in [-0.39, 0.29) is 18.4 Å². The minimum Gasteiger partial charge on any atom is -0.494 e. The Hall–Kier alpha value is -3.65. The van der Waals surface area contributed by atoms with Gasteiger partial charge in [-0.1, -0.05) is 30.3 Å². The van der Waals surface area contributed by atoms with Gasteiger partial charge in [-0.2, -0.15) is 5.10 Å². The molecule has 34 heavy (non-hydrogen) atoms. The summed E-state index contributed by atoms with van der Waals surface area (Å²) in [6, 6.07) is 18.7. The van der Waals surface area contributed by atoms with Gasteiger partial charge in [0.1, 0.15) is 17.0 Å². The highest BCUT2D eigenvalue weighted by Gasteiger charge is 2.48. The molecule has 0 unspecified atom stereocenters. The van der Waals surface area contributed by atoms with Crippen molar-refractivity contribution in [3.63, 3.8) is 0 Å². The van der Waals surface area contributed by atoms with Gasteiger partial charge in [-0.3, -0.25) is 19.2 Å². The van der Waals surface area contributed by atoms with Crippen molar-refractivity contribution in [3.05, 3.63) is 66.4 Å². The number of benzene rings is 2. The Labute approximate surface area is 199 Å². The van der Waals surface area contributed by atoms with Crippen molar-refractivity contribution in [1.82, 2.24) is 15.1 Å². The minimum atomic E-state index is -1.18. The van der Waals surface area contributed by atoms with Gasteiger partial charge >= 0.3 is 0 Å². The zero-order valence-corrected chi connectivity index (χ0v) is 19.8. The van der Waals surface area contributed by atoms with E-state index in [2.05, 4.69) is 10.4 Å². The van der Waals surface area contributed by atoms with Crippen molar-refractivity contribution in [1.29, 1.82) is 0 Å².